The summed E-state index contributed by atoms with van der Waals surface area (Å²) in [4.78, 5) is 28.0. The summed E-state index contributed by atoms with van der Waals surface area (Å²) in [6.07, 6.45) is 0.882. The van der Waals surface area contributed by atoms with Crippen molar-refractivity contribution in [3.8, 4) is 0 Å². The Kier molecular flexibility index (Phi) is 5.14. The molecule has 0 saturated heterocycles. The summed E-state index contributed by atoms with van der Waals surface area (Å²) in [7, 11) is 0. The first-order valence-corrected chi connectivity index (χ1v) is 7.47. The Morgan fingerprint density at radius 1 is 1.27 bits per heavy atom. The summed E-state index contributed by atoms with van der Waals surface area (Å²) in [5.41, 5.74) is 1.73. The summed E-state index contributed by atoms with van der Waals surface area (Å²) >= 11 is 0. The molecule has 0 fully saturated rings. The monoisotopic (exact) mass is 302 g/mol. The van der Waals surface area contributed by atoms with Crippen molar-refractivity contribution in [3.05, 3.63) is 30.1 Å². The van der Waals surface area contributed by atoms with Crippen LogP contribution in [0.15, 0.2) is 24.3 Å². The summed E-state index contributed by atoms with van der Waals surface area (Å²) < 4.78 is 1.80. The van der Waals surface area contributed by atoms with Crippen LogP contribution in [-0.4, -0.2) is 28.0 Å². The molecule has 0 bridgehead atoms. The first kappa shape index (κ1) is 16.0. The second-order valence-corrected chi connectivity index (χ2v) is 5.72. The van der Waals surface area contributed by atoms with Gasteiger partial charge in [-0.1, -0.05) is 26.0 Å². The van der Waals surface area contributed by atoms with Gasteiger partial charge in [0.1, 0.15) is 12.4 Å². The van der Waals surface area contributed by atoms with Crippen molar-refractivity contribution in [2.45, 2.75) is 33.7 Å². The van der Waals surface area contributed by atoms with Crippen LogP contribution in [0.1, 0.15) is 26.1 Å². The Balaban J connectivity index is 1.94. The van der Waals surface area contributed by atoms with E-state index < -0.39 is 6.03 Å². The molecule has 1 heterocycles. The van der Waals surface area contributed by atoms with Crippen LogP contribution in [0.5, 0.6) is 0 Å². The Bertz CT molecular complexity index is 676. The van der Waals surface area contributed by atoms with E-state index in [9.17, 15) is 9.59 Å². The molecule has 0 aliphatic heterocycles. The van der Waals surface area contributed by atoms with Gasteiger partial charge in [0.05, 0.1) is 11.0 Å². The van der Waals surface area contributed by atoms with Crippen LogP contribution in [0.4, 0.5) is 4.79 Å². The van der Waals surface area contributed by atoms with Crippen molar-refractivity contribution in [2.24, 2.45) is 5.92 Å². The second kappa shape index (κ2) is 7.06. The van der Waals surface area contributed by atoms with E-state index in [0.717, 1.165) is 23.3 Å². The van der Waals surface area contributed by atoms with Gasteiger partial charge in [-0.2, -0.15) is 0 Å². The molecule has 0 atom stereocenters. The van der Waals surface area contributed by atoms with Gasteiger partial charge in [0, 0.05) is 6.54 Å². The third kappa shape index (κ3) is 4.07. The zero-order valence-corrected chi connectivity index (χ0v) is 13.2. The van der Waals surface area contributed by atoms with Gasteiger partial charge in [0.15, 0.2) is 0 Å². The fourth-order valence-electron chi connectivity index (χ4n) is 2.22. The molecule has 2 rings (SSSR count). The molecule has 1 aromatic heterocycles. The first-order valence-electron chi connectivity index (χ1n) is 7.47. The summed E-state index contributed by atoms with van der Waals surface area (Å²) in [6, 6.07) is 7.16. The summed E-state index contributed by atoms with van der Waals surface area (Å²) in [5.74, 6) is 0.904. The lowest BCUT2D eigenvalue weighted by Gasteiger charge is -2.09. The lowest BCUT2D eigenvalue weighted by molar-refractivity contribution is -0.120. The van der Waals surface area contributed by atoms with E-state index in [4.69, 9.17) is 0 Å². The fourth-order valence-corrected chi connectivity index (χ4v) is 2.22. The van der Waals surface area contributed by atoms with Crippen molar-refractivity contribution >= 4 is 23.0 Å². The Labute approximate surface area is 129 Å². The predicted octanol–water partition coefficient (Wildman–Crippen LogP) is 2.22. The number of imide groups is 1. The minimum atomic E-state index is -0.451. The molecule has 0 radical (unpaired) electrons. The number of nitrogens with one attached hydrogen (secondary N) is 2. The molecule has 0 unspecified atom stereocenters. The molecule has 22 heavy (non-hydrogen) atoms. The van der Waals surface area contributed by atoms with Crippen LogP contribution in [0.3, 0.4) is 0 Å². The quantitative estimate of drug-likeness (QED) is 0.889. The Morgan fingerprint density at radius 2 is 2.00 bits per heavy atom. The number of aromatic nitrogens is 2. The Hall–Kier alpha value is -2.37. The molecule has 0 spiro atoms. The highest BCUT2D eigenvalue weighted by molar-refractivity contribution is 5.94. The molecular formula is C16H22N4O2. The highest BCUT2D eigenvalue weighted by Crippen LogP contribution is 2.14. The van der Waals surface area contributed by atoms with Gasteiger partial charge < -0.3 is 9.88 Å². The molecule has 1 aromatic carbocycles. The van der Waals surface area contributed by atoms with Crippen LogP contribution in [0.25, 0.3) is 11.0 Å². The standard InChI is InChI=1S/C16H22N4O2/c1-11(2)8-9-17-16(22)19-15(21)10-20-12(3)18-13-6-4-5-7-14(13)20/h4-7,11H,8-10H2,1-3H3,(H2,17,19,21,22). The number of hydrogen-bond acceptors (Lipinski definition) is 3. The first-order chi connectivity index (χ1) is 10.5. The van der Waals surface area contributed by atoms with E-state index >= 15 is 0 Å². The molecule has 0 aliphatic rings. The average Bonchev–Trinajstić information content (AvgIpc) is 2.74. The predicted molar refractivity (Wildman–Crippen MR) is 85.5 cm³/mol. The van der Waals surface area contributed by atoms with Crippen LogP contribution in [-0.2, 0) is 11.3 Å². The molecule has 6 nitrogen and oxygen atoms in total. The summed E-state index contributed by atoms with van der Waals surface area (Å²) in [6.45, 7) is 6.64. The topological polar surface area (TPSA) is 76.0 Å². The molecule has 118 valence electrons. The van der Waals surface area contributed by atoms with E-state index in [1.807, 2.05) is 31.2 Å². The van der Waals surface area contributed by atoms with Crippen molar-refractivity contribution in [1.82, 2.24) is 20.2 Å². The maximum atomic E-state index is 12.0. The van der Waals surface area contributed by atoms with Gasteiger partial charge in [-0.15, -0.1) is 0 Å². The number of imidazole rings is 1. The van der Waals surface area contributed by atoms with E-state index in [2.05, 4.69) is 29.5 Å². The van der Waals surface area contributed by atoms with Crippen LogP contribution in [0, 0.1) is 12.8 Å². The fraction of sp³-hybridized carbons (Fsp3) is 0.438. The van der Waals surface area contributed by atoms with Crippen LogP contribution >= 0.6 is 0 Å². The zero-order chi connectivity index (χ0) is 16.1. The van der Waals surface area contributed by atoms with Crippen LogP contribution in [0.2, 0.25) is 0 Å². The third-order valence-corrected chi connectivity index (χ3v) is 3.41. The largest absolute Gasteiger partial charge is 0.338 e. The molecule has 2 aromatic rings. The molecule has 0 aliphatic carbocycles. The number of amides is 3. The smallest absolute Gasteiger partial charge is 0.321 e. The van der Waals surface area contributed by atoms with Crippen molar-refractivity contribution in [3.63, 3.8) is 0 Å². The highest BCUT2D eigenvalue weighted by atomic mass is 16.2. The van der Waals surface area contributed by atoms with E-state index in [1.165, 1.54) is 0 Å². The highest BCUT2D eigenvalue weighted by Gasteiger charge is 2.12. The number of hydrogen-bond donors (Lipinski definition) is 2. The minimum absolute atomic E-state index is 0.0734. The number of para-hydroxylation sites is 2. The summed E-state index contributed by atoms with van der Waals surface area (Å²) in [5, 5.41) is 5.03. The van der Waals surface area contributed by atoms with Gasteiger partial charge in [-0.05, 0) is 31.4 Å². The molecule has 0 saturated carbocycles. The van der Waals surface area contributed by atoms with Gasteiger partial charge in [-0.25, -0.2) is 9.78 Å². The number of urea groups is 1. The van der Waals surface area contributed by atoms with E-state index in [0.29, 0.717) is 12.5 Å². The molecule has 3 amide bonds. The number of nitrogens with zero attached hydrogens (tertiary/aromatic N) is 2. The number of benzene rings is 1. The maximum Gasteiger partial charge on any atom is 0.321 e. The Morgan fingerprint density at radius 3 is 2.73 bits per heavy atom. The number of aryl methyl sites for hydroxylation is 1. The average molecular weight is 302 g/mol. The number of fused-ring (bicyclic) bond motifs is 1. The number of rotatable bonds is 5. The van der Waals surface area contributed by atoms with Gasteiger partial charge in [-0.3, -0.25) is 10.1 Å². The normalized spacial score (nSPS) is 10.9. The number of carbonyl (C=O) groups is 2. The van der Waals surface area contributed by atoms with Gasteiger partial charge in [0.2, 0.25) is 5.91 Å². The van der Waals surface area contributed by atoms with Crippen molar-refractivity contribution in [2.75, 3.05) is 6.54 Å². The van der Waals surface area contributed by atoms with E-state index in [-0.39, 0.29) is 12.5 Å². The lowest BCUT2D eigenvalue weighted by atomic mass is 10.1. The molecular weight excluding hydrogens is 280 g/mol. The second-order valence-electron chi connectivity index (χ2n) is 5.72. The third-order valence-electron chi connectivity index (χ3n) is 3.41. The number of carbonyl (C=O) groups excluding carboxylic acids is 2. The SMILES string of the molecule is Cc1nc2ccccc2n1CC(=O)NC(=O)NCCC(C)C. The van der Waals surface area contributed by atoms with Crippen molar-refractivity contribution in [1.29, 1.82) is 0 Å². The minimum Gasteiger partial charge on any atom is -0.338 e. The van der Waals surface area contributed by atoms with Gasteiger partial charge >= 0.3 is 6.03 Å². The zero-order valence-electron chi connectivity index (χ0n) is 13.2. The maximum absolute atomic E-state index is 12.0. The van der Waals surface area contributed by atoms with Crippen molar-refractivity contribution < 1.29 is 9.59 Å². The molecule has 6 heteroatoms. The van der Waals surface area contributed by atoms with E-state index in [1.54, 1.807) is 4.57 Å². The molecule has 2 N–H and O–H groups in total. The van der Waals surface area contributed by atoms with Gasteiger partial charge in [0.25, 0.3) is 0 Å². The lowest BCUT2D eigenvalue weighted by Crippen LogP contribution is -2.41. The van der Waals surface area contributed by atoms with Crippen LogP contribution < -0.4 is 10.6 Å².